The van der Waals surface area contributed by atoms with Crippen LogP contribution in [0, 0.1) is 15.9 Å². The average molecular weight is 381 g/mol. The number of nitrogens with zero attached hydrogens (tertiary/aromatic N) is 1. The molecule has 1 N–H and O–H groups in total. The summed E-state index contributed by atoms with van der Waals surface area (Å²) in [6, 6.07) is 4.60. The number of nitro groups is 1. The van der Waals surface area contributed by atoms with Gasteiger partial charge in [-0.2, -0.15) is 0 Å². The third-order valence-electron chi connectivity index (χ3n) is 2.25. The lowest BCUT2D eigenvalue weighted by molar-refractivity contribution is -0.384. The van der Waals surface area contributed by atoms with E-state index in [0.717, 1.165) is 29.5 Å². The minimum Gasteiger partial charge on any atom is -0.270 e. The molecule has 0 unspecified atom stereocenters. The van der Waals surface area contributed by atoms with Gasteiger partial charge >= 0.3 is 0 Å². The molecule has 0 aliphatic carbocycles. The molecule has 0 saturated carbocycles. The first-order valence-corrected chi connectivity index (χ1v) is 8.17. The maximum atomic E-state index is 13.6. The Morgan fingerprint density at radius 1 is 1.35 bits per heavy atom. The van der Waals surface area contributed by atoms with Crippen LogP contribution in [-0.4, -0.2) is 13.3 Å². The normalized spacial score (nSPS) is 11.3. The van der Waals surface area contributed by atoms with Crippen molar-refractivity contribution in [3.05, 3.63) is 50.0 Å². The lowest BCUT2D eigenvalue weighted by atomic mass is 10.2. The zero-order valence-electron chi connectivity index (χ0n) is 9.54. The molecule has 0 atom stereocenters. The summed E-state index contributed by atoms with van der Waals surface area (Å²) in [6.45, 7) is 0. The van der Waals surface area contributed by atoms with Gasteiger partial charge in [0.1, 0.15) is 0 Å². The molecular formula is C10H6BrFN2O4S2. The summed E-state index contributed by atoms with van der Waals surface area (Å²) in [7, 11) is -4.10. The Morgan fingerprint density at radius 3 is 2.60 bits per heavy atom. The molecule has 1 aromatic carbocycles. The van der Waals surface area contributed by atoms with E-state index in [4.69, 9.17) is 0 Å². The third-order valence-corrected chi connectivity index (χ3v) is 6.27. The maximum Gasteiger partial charge on any atom is 0.296 e. The maximum absolute atomic E-state index is 13.6. The zero-order valence-corrected chi connectivity index (χ0v) is 12.8. The van der Waals surface area contributed by atoms with E-state index in [9.17, 15) is 22.9 Å². The molecule has 10 heteroatoms. The highest BCUT2D eigenvalue weighted by Gasteiger charge is 2.26. The van der Waals surface area contributed by atoms with Gasteiger partial charge in [-0.3, -0.25) is 14.8 Å². The molecule has 0 saturated heterocycles. The van der Waals surface area contributed by atoms with Crippen LogP contribution in [0.1, 0.15) is 0 Å². The first kappa shape index (κ1) is 14.9. The van der Waals surface area contributed by atoms with Crippen LogP contribution in [0.15, 0.2) is 38.3 Å². The monoisotopic (exact) mass is 380 g/mol. The van der Waals surface area contributed by atoms with Crippen LogP contribution in [0.25, 0.3) is 0 Å². The molecule has 0 fully saturated rings. The Labute approximate surface area is 125 Å². The molecule has 1 aromatic heterocycles. The number of hydrogen-bond acceptors (Lipinski definition) is 5. The Balaban J connectivity index is 2.50. The van der Waals surface area contributed by atoms with Crippen molar-refractivity contribution in [1.82, 2.24) is 0 Å². The zero-order chi connectivity index (χ0) is 14.9. The molecule has 0 bridgehead atoms. The van der Waals surface area contributed by atoms with Crippen molar-refractivity contribution in [1.29, 1.82) is 0 Å². The van der Waals surface area contributed by atoms with Gasteiger partial charge in [0.15, 0.2) is 15.7 Å². The summed E-state index contributed by atoms with van der Waals surface area (Å²) < 4.78 is 40.0. The Hall–Kier alpha value is -1.52. The highest BCUT2D eigenvalue weighted by molar-refractivity contribution is 9.10. The number of thiophene rings is 1. The SMILES string of the molecule is O=[N+]([O-])c1cccc(F)c1NS(=O)(=O)c1sccc1Br. The summed E-state index contributed by atoms with van der Waals surface area (Å²) in [5.74, 6) is -1.02. The predicted molar refractivity (Wildman–Crippen MR) is 75.9 cm³/mol. The van der Waals surface area contributed by atoms with Gasteiger partial charge < -0.3 is 0 Å². The summed E-state index contributed by atoms with van der Waals surface area (Å²) in [6.07, 6.45) is 0. The number of nitrogens with one attached hydrogen (secondary N) is 1. The highest BCUT2D eigenvalue weighted by atomic mass is 79.9. The predicted octanol–water partition coefficient (Wildman–Crippen LogP) is 3.36. The molecule has 2 rings (SSSR count). The molecule has 20 heavy (non-hydrogen) atoms. The molecular weight excluding hydrogens is 375 g/mol. The van der Waals surface area contributed by atoms with Gasteiger partial charge in [-0.1, -0.05) is 6.07 Å². The van der Waals surface area contributed by atoms with Crippen LogP contribution in [0.4, 0.5) is 15.8 Å². The fourth-order valence-electron chi connectivity index (χ4n) is 1.42. The fraction of sp³-hybridized carbons (Fsp3) is 0. The third kappa shape index (κ3) is 2.81. The number of hydrogen-bond donors (Lipinski definition) is 1. The minimum absolute atomic E-state index is 0.0879. The molecule has 106 valence electrons. The van der Waals surface area contributed by atoms with Gasteiger partial charge in [0.25, 0.3) is 15.7 Å². The van der Waals surface area contributed by atoms with E-state index >= 15 is 0 Å². The van der Waals surface area contributed by atoms with Crippen molar-refractivity contribution in [3.8, 4) is 0 Å². The Kier molecular flexibility index (Phi) is 4.06. The Bertz CT molecular complexity index is 775. The largest absolute Gasteiger partial charge is 0.296 e. The Morgan fingerprint density at radius 2 is 2.05 bits per heavy atom. The molecule has 0 spiro atoms. The quantitative estimate of drug-likeness (QED) is 0.650. The number of halogens is 2. The molecule has 0 amide bonds. The van der Waals surface area contributed by atoms with Gasteiger partial charge in [-0.25, -0.2) is 12.8 Å². The number of rotatable bonds is 4. The second kappa shape index (κ2) is 5.46. The van der Waals surface area contributed by atoms with Gasteiger partial charge in [-0.05, 0) is 33.4 Å². The topological polar surface area (TPSA) is 89.3 Å². The van der Waals surface area contributed by atoms with Crippen molar-refractivity contribution in [2.75, 3.05) is 4.72 Å². The fourth-order valence-corrected chi connectivity index (χ4v) is 4.84. The van der Waals surface area contributed by atoms with E-state index in [1.54, 1.807) is 0 Å². The van der Waals surface area contributed by atoms with E-state index in [2.05, 4.69) is 15.9 Å². The minimum atomic E-state index is -4.10. The highest BCUT2D eigenvalue weighted by Crippen LogP contribution is 2.33. The molecule has 6 nitrogen and oxygen atoms in total. The van der Waals surface area contributed by atoms with Crippen LogP contribution in [0.3, 0.4) is 0 Å². The number of anilines is 1. The molecule has 2 aromatic rings. The second-order valence-corrected chi connectivity index (χ2v) is 7.20. The standard InChI is InChI=1S/C10H6BrFN2O4S2/c11-6-4-5-19-10(6)20(17,18)13-9-7(12)2-1-3-8(9)14(15)16/h1-5,13H. The average Bonchev–Trinajstić information content (AvgIpc) is 2.78. The summed E-state index contributed by atoms with van der Waals surface area (Å²) in [5.41, 5.74) is -1.33. The van der Waals surface area contributed by atoms with Crippen molar-refractivity contribution in [2.24, 2.45) is 0 Å². The van der Waals surface area contributed by atoms with E-state index in [0.29, 0.717) is 4.47 Å². The van der Waals surface area contributed by atoms with Crippen LogP contribution in [0.2, 0.25) is 0 Å². The van der Waals surface area contributed by atoms with Crippen LogP contribution >= 0.6 is 27.3 Å². The molecule has 0 aliphatic rings. The van der Waals surface area contributed by atoms with Gasteiger partial charge in [-0.15, -0.1) is 11.3 Å². The lowest BCUT2D eigenvalue weighted by Crippen LogP contribution is -2.14. The number of benzene rings is 1. The van der Waals surface area contributed by atoms with Crippen molar-refractivity contribution < 1.29 is 17.7 Å². The number of para-hydroxylation sites is 1. The van der Waals surface area contributed by atoms with Crippen molar-refractivity contribution >= 4 is 48.7 Å². The van der Waals surface area contributed by atoms with E-state index in [-0.39, 0.29) is 4.21 Å². The number of nitro benzene ring substituents is 1. The number of sulfonamides is 1. The van der Waals surface area contributed by atoms with Crippen molar-refractivity contribution in [2.45, 2.75) is 4.21 Å². The second-order valence-electron chi connectivity index (χ2n) is 3.55. The van der Waals surface area contributed by atoms with Gasteiger partial charge in [0.05, 0.1) is 4.92 Å². The molecule has 1 heterocycles. The molecule has 0 radical (unpaired) electrons. The van der Waals surface area contributed by atoms with E-state index < -0.39 is 32.1 Å². The van der Waals surface area contributed by atoms with Gasteiger partial charge in [0, 0.05) is 10.5 Å². The van der Waals surface area contributed by atoms with Gasteiger partial charge in [0.2, 0.25) is 0 Å². The summed E-state index contributed by atoms with van der Waals surface area (Å²) >= 11 is 3.95. The van der Waals surface area contributed by atoms with E-state index in [1.807, 2.05) is 4.72 Å². The van der Waals surface area contributed by atoms with Crippen LogP contribution in [-0.2, 0) is 10.0 Å². The summed E-state index contributed by atoms with van der Waals surface area (Å²) in [4.78, 5) is 9.95. The molecule has 0 aliphatic heterocycles. The summed E-state index contributed by atoms with van der Waals surface area (Å²) in [5, 5.41) is 12.3. The first-order chi connectivity index (χ1) is 9.33. The van der Waals surface area contributed by atoms with Crippen molar-refractivity contribution in [3.63, 3.8) is 0 Å². The van der Waals surface area contributed by atoms with E-state index in [1.165, 1.54) is 11.4 Å². The van der Waals surface area contributed by atoms with Crippen LogP contribution in [0.5, 0.6) is 0 Å². The lowest BCUT2D eigenvalue weighted by Gasteiger charge is -2.08. The van der Waals surface area contributed by atoms with Crippen LogP contribution < -0.4 is 4.72 Å². The first-order valence-electron chi connectivity index (χ1n) is 5.01. The smallest absolute Gasteiger partial charge is 0.270 e.